The lowest BCUT2D eigenvalue weighted by atomic mass is 9.43. The largest absolute Gasteiger partial charge is 0.508 e. The van der Waals surface area contributed by atoms with E-state index in [1.54, 1.807) is 25.1 Å². The van der Waals surface area contributed by atoms with Gasteiger partial charge in [0.15, 0.2) is 0 Å². The quantitative estimate of drug-likeness (QED) is 0.418. The molecule has 0 saturated heterocycles. The highest BCUT2D eigenvalue weighted by atomic mass is 16.5. The van der Waals surface area contributed by atoms with E-state index in [-0.39, 0.29) is 11.2 Å². The van der Waals surface area contributed by atoms with Gasteiger partial charge in [0.05, 0.1) is 0 Å². The molecule has 0 amide bonds. The van der Waals surface area contributed by atoms with E-state index in [9.17, 15) is 9.90 Å². The van der Waals surface area contributed by atoms with E-state index in [4.69, 9.17) is 4.74 Å². The maximum atomic E-state index is 12.4. The maximum absolute atomic E-state index is 12.4. The number of benzene rings is 1. The van der Waals surface area contributed by atoms with Crippen molar-refractivity contribution in [3.63, 3.8) is 0 Å². The van der Waals surface area contributed by atoms with Crippen LogP contribution >= 0.6 is 0 Å². The molecule has 0 aliphatic heterocycles. The van der Waals surface area contributed by atoms with Crippen LogP contribution in [0.2, 0.25) is 0 Å². The van der Waals surface area contributed by atoms with Gasteiger partial charge in [0.25, 0.3) is 0 Å². The minimum absolute atomic E-state index is 0.124. The first-order valence-corrected chi connectivity index (χ1v) is 10.3. The zero-order valence-corrected chi connectivity index (χ0v) is 16.5. The van der Waals surface area contributed by atoms with Gasteiger partial charge in [0, 0.05) is 22.1 Å². The van der Waals surface area contributed by atoms with E-state index >= 15 is 0 Å². The first-order chi connectivity index (χ1) is 12.9. The topological polar surface area (TPSA) is 46.5 Å². The second kappa shape index (κ2) is 6.54. The molecule has 4 aliphatic rings. The lowest BCUT2D eigenvalue weighted by Crippen LogP contribution is -2.55. The molecular weight excluding hydrogens is 336 g/mol. The number of hydrogen-bond acceptors (Lipinski definition) is 3. The van der Waals surface area contributed by atoms with Gasteiger partial charge in [-0.25, -0.2) is 4.79 Å². The van der Waals surface area contributed by atoms with Gasteiger partial charge >= 0.3 is 5.97 Å². The summed E-state index contributed by atoms with van der Waals surface area (Å²) in [6.07, 6.45) is 8.96. The molecule has 4 bridgehead atoms. The number of ether oxygens (including phenoxy) is 1. The Morgan fingerprint density at radius 3 is 2.30 bits per heavy atom. The van der Waals surface area contributed by atoms with E-state index in [0.29, 0.717) is 23.2 Å². The van der Waals surface area contributed by atoms with Crippen LogP contribution in [0.25, 0.3) is 6.08 Å². The highest BCUT2D eigenvalue weighted by Crippen LogP contribution is 2.66. The third-order valence-electron chi connectivity index (χ3n) is 7.57. The molecule has 4 fully saturated rings. The Morgan fingerprint density at radius 1 is 1.22 bits per heavy atom. The molecule has 1 aromatic carbocycles. The Hall–Kier alpha value is -2.03. The van der Waals surface area contributed by atoms with Crippen molar-refractivity contribution in [1.82, 2.24) is 0 Å². The Bertz CT molecular complexity index is 776. The number of phenols is 1. The molecular formula is C24H30O3. The van der Waals surface area contributed by atoms with Crippen molar-refractivity contribution in [2.24, 2.45) is 23.7 Å². The summed E-state index contributed by atoms with van der Waals surface area (Å²) in [5.41, 5.74) is 1.83. The van der Waals surface area contributed by atoms with Gasteiger partial charge in [-0.05, 0) is 81.3 Å². The predicted octanol–water partition coefficient (Wildman–Crippen LogP) is 5.62. The minimum atomic E-state index is -0.444. The number of carbonyl (C=O) groups excluding carboxylic acids is 1. The molecule has 4 saturated carbocycles. The van der Waals surface area contributed by atoms with Crippen LogP contribution < -0.4 is 4.74 Å². The molecule has 144 valence electrons. The predicted molar refractivity (Wildman–Crippen MR) is 108 cm³/mol. The second-order valence-electron chi connectivity index (χ2n) is 8.95. The number of esters is 1. The summed E-state index contributed by atoms with van der Waals surface area (Å²) in [5, 5.41) is 11.0. The number of hydrogen-bond donors (Lipinski definition) is 1. The summed E-state index contributed by atoms with van der Waals surface area (Å²) >= 11 is 0. The smallest absolute Gasteiger partial charge is 0.338 e. The van der Waals surface area contributed by atoms with Crippen LogP contribution in [0.1, 0.15) is 63.5 Å². The normalized spacial score (nSPS) is 33.7. The van der Waals surface area contributed by atoms with Gasteiger partial charge in [0.2, 0.25) is 0 Å². The lowest BCUT2D eigenvalue weighted by Gasteiger charge is -2.61. The van der Waals surface area contributed by atoms with Crippen molar-refractivity contribution in [2.45, 2.75) is 57.8 Å². The Labute approximate surface area is 162 Å². The average molecular weight is 367 g/mol. The zero-order chi connectivity index (χ0) is 19.3. The molecule has 1 aromatic rings. The van der Waals surface area contributed by atoms with E-state index < -0.39 is 5.97 Å². The third-order valence-corrected chi connectivity index (χ3v) is 7.57. The van der Waals surface area contributed by atoms with Gasteiger partial charge in [-0.15, -0.1) is 0 Å². The summed E-state index contributed by atoms with van der Waals surface area (Å²) in [6, 6.07) is 3.53. The number of phenolic OH excluding ortho intramolecular Hbond substituents is 1. The third kappa shape index (κ3) is 2.66. The van der Waals surface area contributed by atoms with Crippen molar-refractivity contribution >= 4 is 12.0 Å². The molecule has 1 N–H and O–H groups in total. The van der Waals surface area contributed by atoms with Gasteiger partial charge in [-0.1, -0.05) is 26.2 Å². The lowest BCUT2D eigenvalue weighted by molar-refractivity contribution is -0.130. The number of aromatic hydroxyl groups is 1. The SMILES string of the molecule is C=Cc1ccc(O)c(C2(CC)C3CC4CC(C3)CC2C4)c1OC(=O)C(=C)C. The molecule has 0 atom stereocenters. The highest BCUT2D eigenvalue weighted by Gasteiger charge is 2.58. The maximum Gasteiger partial charge on any atom is 0.338 e. The van der Waals surface area contributed by atoms with Crippen molar-refractivity contribution < 1.29 is 14.6 Å². The van der Waals surface area contributed by atoms with Gasteiger partial charge < -0.3 is 9.84 Å². The van der Waals surface area contributed by atoms with Crippen LogP contribution in [0.4, 0.5) is 0 Å². The number of carbonyl (C=O) groups is 1. The first kappa shape index (κ1) is 18.3. The van der Waals surface area contributed by atoms with Crippen molar-refractivity contribution in [3.05, 3.63) is 42.0 Å². The molecule has 0 unspecified atom stereocenters. The van der Waals surface area contributed by atoms with E-state index in [2.05, 4.69) is 20.1 Å². The summed E-state index contributed by atoms with van der Waals surface area (Å²) in [7, 11) is 0. The van der Waals surface area contributed by atoms with E-state index in [1.807, 2.05) is 0 Å². The molecule has 0 aromatic heterocycles. The molecule has 0 radical (unpaired) electrons. The first-order valence-electron chi connectivity index (χ1n) is 10.3. The summed E-state index contributed by atoms with van der Waals surface area (Å²) in [4.78, 5) is 12.4. The van der Waals surface area contributed by atoms with Crippen molar-refractivity contribution in [1.29, 1.82) is 0 Å². The van der Waals surface area contributed by atoms with E-state index in [0.717, 1.165) is 29.4 Å². The average Bonchev–Trinajstić information content (AvgIpc) is 2.63. The van der Waals surface area contributed by atoms with Gasteiger partial charge in [-0.3, -0.25) is 0 Å². The van der Waals surface area contributed by atoms with Crippen LogP contribution in [-0.2, 0) is 10.2 Å². The molecule has 27 heavy (non-hydrogen) atoms. The molecule has 4 aliphatic carbocycles. The van der Waals surface area contributed by atoms with Crippen LogP contribution in [0.3, 0.4) is 0 Å². The van der Waals surface area contributed by atoms with Crippen molar-refractivity contribution in [3.8, 4) is 11.5 Å². The molecule has 0 heterocycles. The monoisotopic (exact) mass is 366 g/mol. The van der Waals surface area contributed by atoms with Crippen LogP contribution in [0.15, 0.2) is 30.9 Å². The summed E-state index contributed by atoms with van der Waals surface area (Å²) in [5.74, 6) is 3.06. The Balaban J connectivity index is 1.90. The van der Waals surface area contributed by atoms with Crippen LogP contribution in [-0.4, -0.2) is 11.1 Å². The highest BCUT2D eigenvalue weighted by molar-refractivity contribution is 5.90. The van der Waals surface area contributed by atoms with Gasteiger partial charge in [-0.2, -0.15) is 0 Å². The summed E-state index contributed by atoms with van der Waals surface area (Å²) in [6.45, 7) is 11.5. The standard InChI is InChI=1S/C24H30O3/c1-5-17-7-8-20(25)21(22(17)27-23(26)14(3)4)24(6-2)18-10-15-9-16(12-18)13-19(24)11-15/h5,7-8,15-16,18-19,25H,1,3,6,9-13H2,2,4H3. The second-order valence-corrected chi connectivity index (χ2v) is 8.95. The molecule has 5 rings (SSSR count). The van der Waals surface area contributed by atoms with Crippen molar-refractivity contribution in [2.75, 3.05) is 0 Å². The fourth-order valence-electron chi connectivity index (χ4n) is 6.68. The van der Waals surface area contributed by atoms with E-state index in [1.165, 1.54) is 32.1 Å². The summed E-state index contributed by atoms with van der Waals surface area (Å²) < 4.78 is 5.82. The zero-order valence-electron chi connectivity index (χ0n) is 16.5. The number of rotatable bonds is 5. The fourth-order valence-corrected chi connectivity index (χ4v) is 6.68. The van der Waals surface area contributed by atoms with Crippen LogP contribution in [0.5, 0.6) is 11.5 Å². The molecule has 0 spiro atoms. The fraction of sp³-hybridized carbons (Fsp3) is 0.542. The Kier molecular flexibility index (Phi) is 4.44. The minimum Gasteiger partial charge on any atom is -0.508 e. The molecule has 3 nitrogen and oxygen atoms in total. The Morgan fingerprint density at radius 2 is 1.81 bits per heavy atom. The van der Waals surface area contributed by atoms with Crippen LogP contribution in [0, 0.1) is 23.7 Å². The molecule has 3 heteroatoms. The van der Waals surface area contributed by atoms with Gasteiger partial charge in [0.1, 0.15) is 11.5 Å².